The fraction of sp³-hybridized carbons (Fsp3) is 0.231. The molecule has 1 aromatic carbocycles. The molecule has 4 nitrogen and oxygen atoms in total. The van der Waals surface area contributed by atoms with Gasteiger partial charge in [0.1, 0.15) is 6.33 Å². The fourth-order valence-corrected chi connectivity index (χ4v) is 1.66. The lowest BCUT2D eigenvalue weighted by Gasteiger charge is -2.16. The molecule has 0 spiro atoms. The van der Waals surface area contributed by atoms with Crippen molar-refractivity contribution in [2.24, 2.45) is 5.73 Å². The van der Waals surface area contributed by atoms with Gasteiger partial charge in [0.05, 0.1) is 6.04 Å². The summed E-state index contributed by atoms with van der Waals surface area (Å²) in [5.74, 6) is 0. The third-order valence-corrected chi connectivity index (χ3v) is 2.69. The Kier molecular flexibility index (Phi) is 3.35. The van der Waals surface area contributed by atoms with Gasteiger partial charge in [-0.2, -0.15) is 0 Å². The summed E-state index contributed by atoms with van der Waals surface area (Å²) >= 11 is 0. The first-order chi connectivity index (χ1) is 8.18. The van der Waals surface area contributed by atoms with Crippen LogP contribution in [0.5, 0.6) is 0 Å². The van der Waals surface area contributed by atoms with E-state index in [0.29, 0.717) is 0 Å². The summed E-state index contributed by atoms with van der Waals surface area (Å²) in [6.07, 6.45) is 5.01. The maximum atomic E-state index is 6.19. The van der Waals surface area contributed by atoms with Crippen molar-refractivity contribution in [3.8, 4) is 0 Å². The van der Waals surface area contributed by atoms with E-state index in [1.165, 1.54) is 6.33 Å². The molecule has 0 amide bonds. The van der Waals surface area contributed by atoms with Crippen molar-refractivity contribution in [3.63, 3.8) is 0 Å². The van der Waals surface area contributed by atoms with Crippen LogP contribution in [-0.4, -0.2) is 24.1 Å². The highest BCUT2D eigenvalue weighted by Crippen LogP contribution is 2.22. The average Bonchev–Trinajstić information content (AvgIpc) is 2.39. The lowest BCUT2D eigenvalue weighted by Crippen LogP contribution is -2.14. The van der Waals surface area contributed by atoms with Crippen molar-refractivity contribution in [3.05, 3.63) is 54.1 Å². The second-order valence-corrected chi connectivity index (χ2v) is 4.14. The second-order valence-electron chi connectivity index (χ2n) is 4.14. The Morgan fingerprint density at radius 1 is 1.12 bits per heavy atom. The normalized spacial score (nSPS) is 12.2. The van der Waals surface area contributed by atoms with Gasteiger partial charge in [0.25, 0.3) is 0 Å². The van der Waals surface area contributed by atoms with Gasteiger partial charge in [0, 0.05) is 37.7 Å². The first-order valence-corrected chi connectivity index (χ1v) is 5.46. The smallest absolute Gasteiger partial charge is 0.115 e. The Labute approximate surface area is 101 Å². The molecule has 0 fully saturated rings. The summed E-state index contributed by atoms with van der Waals surface area (Å²) in [7, 11) is 4.02. The van der Waals surface area contributed by atoms with Gasteiger partial charge in [0.2, 0.25) is 0 Å². The zero-order chi connectivity index (χ0) is 12.3. The zero-order valence-electron chi connectivity index (χ0n) is 10.0. The molecule has 4 heteroatoms. The summed E-state index contributed by atoms with van der Waals surface area (Å²) in [4.78, 5) is 10.0. The van der Waals surface area contributed by atoms with Crippen LogP contribution >= 0.6 is 0 Å². The first kappa shape index (κ1) is 11.5. The van der Waals surface area contributed by atoms with Crippen LogP contribution in [0, 0.1) is 0 Å². The largest absolute Gasteiger partial charge is 0.378 e. The summed E-state index contributed by atoms with van der Waals surface area (Å²) in [6, 6.07) is 7.98. The van der Waals surface area contributed by atoms with Crippen molar-refractivity contribution in [2.45, 2.75) is 6.04 Å². The van der Waals surface area contributed by atoms with E-state index in [-0.39, 0.29) is 6.04 Å². The molecule has 0 saturated heterocycles. The van der Waals surface area contributed by atoms with Gasteiger partial charge in [-0.1, -0.05) is 12.1 Å². The minimum absolute atomic E-state index is 0.184. The molecule has 2 N–H and O–H groups in total. The number of nitrogens with two attached hydrogens (primary N) is 1. The van der Waals surface area contributed by atoms with Crippen molar-refractivity contribution >= 4 is 5.69 Å². The second kappa shape index (κ2) is 4.93. The molecular weight excluding hydrogens is 212 g/mol. The van der Waals surface area contributed by atoms with Gasteiger partial charge < -0.3 is 10.6 Å². The van der Waals surface area contributed by atoms with Crippen molar-refractivity contribution in [2.75, 3.05) is 19.0 Å². The number of anilines is 1. The molecule has 0 aliphatic carbocycles. The summed E-state index contributed by atoms with van der Waals surface area (Å²) in [6.45, 7) is 0. The van der Waals surface area contributed by atoms with Crippen LogP contribution in [0.4, 0.5) is 5.69 Å². The Morgan fingerprint density at radius 3 is 2.47 bits per heavy atom. The Morgan fingerprint density at radius 2 is 1.82 bits per heavy atom. The molecule has 88 valence electrons. The topological polar surface area (TPSA) is 55.0 Å². The van der Waals surface area contributed by atoms with E-state index in [9.17, 15) is 0 Å². The van der Waals surface area contributed by atoms with Crippen LogP contribution in [0.25, 0.3) is 0 Å². The van der Waals surface area contributed by atoms with Gasteiger partial charge in [-0.05, 0) is 17.7 Å². The fourth-order valence-electron chi connectivity index (χ4n) is 1.66. The SMILES string of the molecule is CN(C)c1cccc(C(N)c2cncnc2)c1. The Hall–Kier alpha value is -1.94. The van der Waals surface area contributed by atoms with Crippen LogP contribution in [0.2, 0.25) is 0 Å². The minimum atomic E-state index is -0.184. The van der Waals surface area contributed by atoms with E-state index in [2.05, 4.69) is 27.0 Å². The minimum Gasteiger partial charge on any atom is -0.378 e. The molecule has 1 heterocycles. The molecular formula is C13H16N4. The third-order valence-electron chi connectivity index (χ3n) is 2.69. The molecule has 0 aliphatic heterocycles. The van der Waals surface area contributed by atoms with Gasteiger partial charge >= 0.3 is 0 Å². The molecule has 1 aromatic heterocycles. The number of benzene rings is 1. The highest BCUT2D eigenvalue weighted by Gasteiger charge is 2.10. The molecule has 0 bridgehead atoms. The third kappa shape index (κ3) is 2.60. The van der Waals surface area contributed by atoms with Crippen LogP contribution in [0.15, 0.2) is 43.0 Å². The molecule has 2 rings (SSSR count). The van der Waals surface area contributed by atoms with Crippen LogP contribution in [0.3, 0.4) is 0 Å². The molecule has 0 saturated carbocycles. The van der Waals surface area contributed by atoms with Crippen molar-refractivity contribution in [1.82, 2.24) is 9.97 Å². The molecule has 0 radical (unpaired) electrons. The monoisotopic (exact) mass is 228 g/mol. The van der Waals surface area contributed by atoms with Crippen LogP contribution < -0.4 is 10.6 Å². The van der Waals surface area contributed by atoms with Gasteiger partial charge in [0.15, 0.2) is 0 Å². The predicted molar refractivity (Wildman–Crippen MR) is 68.8 cm³/mol. The van der Waals surface area contributed by atoms with Gasteiger partial charge in [-0.25, -0.2) is 9.97 Å². The number of rotatable bonds is 3. The predicted octanol–water partition coefficient (Wildman–Crippen LogP) is 1.59. The maximum Gasteiger partial charge on any atom is 0.115 e. The molecule has 1 atom stereocenters. The van der Waals surface area contributed by atoms with Gasteiger partial charge in [-0.15, -0.1) is 0 Å². The van der Waals surface area contributed by atoms with E-state index >= 15 is 0 Å². The van der Waals surface area contributed by atoms with E-state index in [1.54, 1.807) is 12.4 Å². The number of aromatic nitrogens is 2. The van der Waals surface area contributed by atoms with Gasteiger partial charge in [-0.3, -0.25) is 0 Å². The number of hydrogen-bond acceptors (Lipinski definition) is 4. The van der Waals surface area contributed by atoms with E-state index < -0.39 is 0 Å². The quantitative estimate of drug-likeness (QED) is 0.866. The lowest BCUT2D eigenvalue weighted by atomic mass is 10.0. The highest BCUT2D eigenvalue weighted by atomic mass is 15.1. The zero-order valence-corrected chi connectivity index (χ0v) is 10.0. The number of nitrogens with zero attached hydrogens (tertiary/aromatic N) is 3. The van der Waals surface area contributed by atoms with Crippen LogP contribution in [0.1, 0.15) is 17.2 Å². The Balaban J connectivity index is 2.31. The average molecular weight is 228 g/mol. The lowest BCUT2D eigenvalue weighted by molar-refractivity contribution is 0.849. The highest BCUT2D eigenvalue weighted by molar-refractivity contribution is 5.48. The van der Waals surface area contributed by atoms with Crippen molar-refractivity contribution in [1.29, 1.82) is 0 Å². The van der Waals surface area contributed by atoms with Crippen molar-refractivity contribution < 1.29 is 0 Å². The molecule has 1 unspecified atom stereocenters. The maximum absolute atomic E-state index is 6.19. The molecule has 2 aromatic rings. The van der Waals surface area contributed by atoms with E-state index in [0.717, 1.165) is 16.8 Å². The number of hydrogen-bond donors (Lipinski definition) is 1. The standard InChI is InChI=1S/C13H16N4/c1-17(2)12-5-3-4-10(6-12)13(14)11-7-15-9-16-8-11/h3-9,13H,14H2,1-2H3. The first-order valence-electron chi connectivity index (χ1n) is 5.46. The van der Waals surface area contributed by atoms with E-state index in [4.69, 9.17) is 5.73 Å². The summed E-state index contributed by atoms with van der Waals surface area (Å²) < 4.78 is 0. The van der Waals surface area contributed by atoms with E-state index in [1.807, 2.05) is 26.2 Å². The summed E-state index contributed by atoms with van der Waals surface area (Å²) in [5, 5.41) is 0. The Bertz CT molecular complexity index is 482. The van der Waals surface area contributed by atoms with Crippen LogP contribution in [-0.2, 0) is 0 Å². The summed E-state index contributed by atoms with van der Waals surface area (Å²) in [5.41, 5.74) is 9.30. The molecule has 0 aliphatic rings. The molecule has 17 heavy (non-hydrogen) atoms.